The fourth-order valence-corrected chi connectivity index (χ4v) is 5.88. The monoisotopic (exact) mass is 373 g/mol. The summed E-state index contributed by atoms with van der Waals surface area (Å²) in [5, 5.41) is 4.79. The second-order valence-corrected chi connectivity index (χ2v) is 9.70. The molecule has 1 aromatic carbocycles. The molecule has 1 N–H and O–H groups in total. The summed E-state index contributed by atoms with van der Waals surface area (Å²) in [7, 11) is -3.04. The second-order valence-electron chi connectivity index (χ2n) is 7.48. The first kappa shape index (κ1) is 17.7. The number of rotatable bonds is 5. The predicted octanol–water partition coefficient (Wildman–Crippen LogP) is 3.47. The highest BCUT2D eigenvalue weighted by Crippen LogP contribution is 2.34. The molecule has 2 aromatic rings. The van der Waals surface area contributed by atoms with Gasteiger partial charge in [0, 0.05) is 35.9 Å². The lowest BCUT2D eigenvalue weighted by atomic mass is 10.0. The molecule has 1 aromatic heterocycles. The minimum Gasteiger partial charge on any atom is -0.381 e. The Kier molecular flexibility index (Phi) is 4.65. The Morgan fingerprint density at radius 2 is 1.85 bits per heavy atom. The molecule has 4 rings (SSSR count). The van der Waals surface area contributed by atoms with Crippen molar-refractivity contribution in [3.63, 3.8) is 0 Å². The Labute approximate surface area is 155 Å². The van der Waals surface area contributed by atoms with Crippen molar-refractivity contribution >= 4 is 26.6 Å². The molecule has 6 heteroatoms. The Balaban J connectivity index is 1.55. The number of nitrogens with one attached hydrogen (secondary N) is 1. The van der Waals surface area contributed by atoms with Crippen molar-refractivity contribution in [2.45, 2.75) is 57.2 Å². The van der Waals surface area contributed by atoms with Crippen LogP contribution in [-0.4, -0.2) is 42.1 Å². The average molecular weight is 374 g/mol. The molecule has 0 unspecified atom stereocenters. The van der Waals surface area contributed by atoms with Crippen LogP contribution in [0.1, 0.15) is 43.9 Å². The number of anilines is 1. The number of benzene rings is 1. The third-order valence-corrected chi connectivity index (χ3v) is 8.06. The third-order valence-electron chi connectivity index (χ3n) is 5.66. The standard InChI is InChI=1S/C20H27N3O2S/c1-3-17-14(2)21-19-7-5-4-6-18(19)20(17)22-15-10-12-23(13-11-15)26(24,25)16-8-9-16/h4-7,15-16H,3,8-13H2,1-2H3,(H,21,22). The van der Waals surface area contributed by atoms with Gasteiger partial charge in [-0.25, -0.2) is 12.7 Å². The molecule has 0 amide bonds. The normalized spacial score (nSPS) is 19.8. The second kappa shape index (κ2) is 6.82. The van der Waals surface area contributed by atoms with E-state index in [1.807, 2.05) is 6.07 Å². The molecule has 0 radical (unpaired) electrons. The molecule has 1 saturated heterocycles. The summed E-state index contributed by atoms with van der Waals surface area (Å²) in [5.41, 5.74) is 4.52. The first-order chi connectivity index (χ1) is 12.5. The molecule has 140 valence electrons. The number of nitrogens with zero attached hydrogens (tertiary/aromatic N) is 2. The predicted molar refractivity (Wildman–Crippen MR) is 106 cm³/mol. The van der Waals surface area contributed by atoms with Crippen molar-refractivity contribution < 1.29 is 8.42 Å². The van der Waals surface area contributed by atoms with E-state index in [-0.39, 0.29) is 5.25 Å². The highest BCUT2D eigenvalue weighted by Gasteiger charge is 2.41. The fraction of sp³-hybridized carbons (Fsp3) is 0.550. The smallest absolute Gasteiger partial charge is 0.216 e. The van der Waals surface area contributed by atoms with Crippen molar-refractivity contribution in [3.8, 4) is 0 Å². The van der Waals surface area contributed by atoms with Gasteiger partial charge in [0.15, 0.2) is 0 Å². The van der Waals surface area contributed by atoms with Crippen LogP contribution in [0, 0.1) is 6.92 Å². The average Bonchev–Trinajstić information content (AvgIpc) is 3.48. The van der Waals surface area contributed by atoms with Gasteiger partial charge >= 0.3 is 0 Å². The van der Waals surface area contributed by atoms with Crippen LogP contribution in [-0.2, 0) is 16.4 Å². The largest absolute Gasteiger partial charge is 0.381 e. The summed E-state index contributed by atoms with van der Waals surface area (Å²) < 4.78 is 26.6. The van der Waals surface area contributed by atoms with E-state index in [1.165, 1.54) is 11.3 Å². The van der Waals surface area contributed by atoms with Crippen LogP contribution in [0.5, 0.6) is 0 Å². The lowest BCUT2D eigenvalue weighted by Gasteiger charge is -2.33. The van der Waals surface area contributed by atoms with Crippen LogP contribution < -0.4 is 5.32 Å². The lowest BCUT2D eigenvalue weighted by molar-refractivity contribution is 0.329. The summed E-state index contributed by atoms with van der Waals surface area (Å²) in [6, 6.07) is 8.55. The van der Waals surface area contributed by atoms with Gasteiger partial charge in [0.05, 0.1) is 10.8 Å². The van der Waals surface area contributed by atoms with E-state index in [2.05, 4.69) is 37.4 Å². The first-order valence-electron chi connectivity index (χ1n) is 9.64. The van der Waals surface area contributed by atoms with Gasteiger partial charge in [-0.05, 0) is 50.7 Å². The quantitative estimate of drug-likeness (QED) is 0.872. The first-order valence-corrected chi connectivity index (χ1v) is 11.1. The molecule has 1 aliphatic carbocycles. The molecular weight excluding hydrogens is 346 g/mol. The van der Waals surface area contributed by atoms with Crippen LogP contribution >= 0.6 is 0 Å². The highest BCUT2D eigenvalue weighted by molar-refractivity contribution is 7.90. The highest BCUT2D eigenvalue weighted by atomic mass is 32.2. The minimum absolute atomic E-state index is 0.106. The van der Waals surface area contributed by atoms with Crippen LogP contribution in [0.25, 0.3) is 10.9 Å². The van der Waals surface area contributed by atoms with Gasteiger partial charge in [-0.15, -0.1) is 0 Å². The maximum atomic E-state index is 12.4. The van der Waals surface area contributed by atoms with Crippen molar-refractivity contribution in [2.24, 2.45) is 0 Å². The number of aromatic nitrogens is 1. The van der Waals surface area contributed by atoms with Gasteiger partial charge in [0.25, 0.3) is 0 Å². The zero-order valence-corrected chi connectivity index (χ0v) is 16.3. The summed E-state index contributed by atoms with van der Waals surface area (Å²) in [5.74, 6) is 0. The molecule has 5 nitrogen and oxygen atoms in total. The van der Waals surface area contributed by atoms with E-state index in [0.29, 0.717) is 19.1 Å². The Bertz CT molecular complexity index is 914. The molecule has 1 saturated carbocycles. The summed E-state index contributed by atoms with van der Waals surface area (Å²) >= 11 is 0. The lowest BCUT2D eigenvalue weighted by Crippen LogP contribution is -2.43. The van der Waals surface area contributed by atoms with Gasteiger partial charge in [0.2, 0.25) is 10.0 Å². The summed E-state index contributed by atoms with van der Waals surface area (Å²) in [4.78, 5) is 4.74. The number of piperidine rings is 1. The van der Waals surface area contributed by atoms with Gasteiger partial charge in [-0.1, -0.05) is 25.1 Å². The van der Waals surface area contributed by atoms with E-state index in [1.54, 1.807) is 4.31 Å². The van der Waals surface area contributed by atoms with Crippen molar-refractivity contribution in [3.05, 3.63) is 35.5 Å². The zero-order valence-electron chi connectivity index (χ0n) is 15.5. The van der Waals surface area contributed by atoms with E-state index in [9.17, 15) is 8.42 Å². The molecule has 2 heterocycles. The number of para-hydroxylation sites is 1. The number of sulfonamides is 1. The molecule has 0 bridgehead atoms. The fourth-order valence-electron chi connectivity index (χ4n) is 4.01. The molecule has 2 fully saturated rings. The molecule has 26 heavy (non-hydrogen) atoms. The Hall–Kier alpha value is -1.66. The van der Waals surface area contributed by atoms with E-state index in [0.717, 1.165) is 48.7 Å². The number of fused-ring (bicyclic) bond motifs is 1. The summed E-state index contributed by atoms with van der Waals surface area (Å²) in [6.07, 6.45) is 4.31. The minimum atomic E-state index is -3.04. The Morgan fingerprint density at radius 1 is 1.15 bits per heavy atom. The topological polar surface area (TPSA) is 62.3 Å². The zero-order chi connectivity index (χ0) is 18.3. The maximum absolute atomic E-state index is 12.4. The van der Waals surface area contributed by atoms with Crippen LogP contribution in [0.4, 0.5) is 5.69 Å². The van der Waals surface area contributed by atoms with Gasteiger partial charge in [-0.2, -0.15) is 0 Å². The van der Waals surface area contributed by atoms with Crippen molar-refractivity contribution in [1.82, 2.24) is 9.29 Å². The van der Waals surface area contributed by atoms with Crippen LogP contribution in [0.3, 0.4) is 0 Å². The molecular formula is C20H27N3O2S. The van der Waals surface area contributed by atoms with E-state index >= 15 is 0 Å². The molecule has 0 spiro atoms. The van der Waals surface area contributed by atoms with Gasteiger partial charge < -0.3 is 5.32 Å². The molecule has 0 atom stereocenters. The van der Waals surface area contributed by atoms with E-state index < -0.39 is 10.0 Å². The van der Waals surface area contributed by atoms with Gasteiger partial charge in [-0.3, -0.25) is 4.98 Å². The number of aryl methyl sites for hydroxylation is 1. The molecule has 1 aliphatic heterocycles. The number of hydrogen-bond acceptors (Lipinski definition) is 4. The SMILES string of the molecule is CCc1c(C)nc2ccccc2c1NC1CCN(S(=O)(=O)C2CC2)CC1. The molecule has 2 aliphatic rings. The van der Waals surface area contributed by atoms with E-state index in [4.69, 9.17) is 4.98 Å². The number of pyridine rings is 1. The third kappa shape index (κ3) is 3.21. The summed E-state index contributed by atoms with van der Waals surface area (Å²) in [6.45, 7) is 5.48. The number of hydrogen-bond donors (Lipinski definition) is 1. The van der Waals surface area contributed by atoms with Crippen molar-refractivity contribution in [2.75, 3.05) is 18.4 Å². The Morgan fingerprint density at radius 3 is 2.50 bits per heavy atom. The van der Waals surface area contributed by atoms with Crippen LogP contribution in [0.15, 0.2) is 24.3 Å². The van der Waals surface area contributed by atoms with Gasteiger partial charge in [0.1, 0.15) is 0 Å². The van der Waals surface area contributed by atoms with Crippen molar-refractivity contribution in [1.29, 1.82) is 0 Å². The van der Waals surface area contributed by atoms with Crippen LogP contribution in [0.2, 0.25) is 0 Å². The maximum Gasteiger partial charge on any atom is 0.216 e.